The van der Waals surface area contributed by atoms with Gasteiger partial charge in [-0.15, -0.1) is 11.3 Å². The number of nitrogens with zero attached hydrogens (tertiary/aromatic N) is 2. The van der Waals surface area contributed by atoms with Crippen molar-refractivity contribution < 1.29 is 9.53 Å². The topological polar surface area (TPSA) is 74.5 Å². The molecule has 0 atom stereocenters. The van der Waals surface area contributed by atoms with Crippen LogP contribution >= 0.6 is 27.3 Å². The van der Waals surface area contributed by atoms with Crippen molar-refractivity contribution >= 4 is 44.4 Å². The van der Waals surface area contributed by atoms with Gasteiger partial charge in [0.2, 0.25) is 0 Å². The number of nitrogens with one attached hydrogen (secondary N) is 1. The maximum absolute atomic E-state index is 13.4. The molecule has 1 saturated carbocycles. The monoisotopic (exact) mass is 575 g/mol. The first-order valence-corrected chi connectivity index (χ1v) is 14.6. The number of halogens is 1. The predicted molar refractivity (Wildman–Crippen MR) is 152 cm³/mol. The molecule has 5 nitrogen and oxygen atoms in total. The van der Waals surface area contributed by atoms with Crippen molar-refractivity contribution in [3.05, 3.63) is 79.6 Å². The molecule has 2 aromatic carbocycles. The highest BCUT2D eigenvalue weighted by Gasteiger charge is 2.27. The number of aryl methyl sites for hydroxylation is 1. The number of amides is 1. The lowest BCUT2D eigenvalue weighted by Crippen LogP contribution is -2.36. The molecule has 190 valence electrons. The molecule has 0 aliphatic heterocycles. The largest absolute Gasteiger partial charge is 0.488 e. The van der Waals surface area contributed by atoms with E-state index in [4.69, 9.17) is 9.73 Å². The Balaban J connectivity index is 1.33. The van der Waals surface area contributed by atoms with Gasteiger partial charge in [-0.05, 0) is 89.8 Å². The summed E-state index contributed by atoms with van der Waals surface area (Å²) in [6.45, 7) is 0.315. The van der Waals surface area contributed by atoms with Crippen LogP contribution < -0.4 is 10.1 Å². The summed E-state index contributed by atoms with van der Waals surface area (Å²) in [6, 6.07) is 15.7. The van der Waals surface area contributed by atoms with Gasteiger partial charge in [0, 0.05) is 22.7 Å². The number of aliphatic imine (C=N–C) groups is 1. The van der Waals surface area contributed by atoms with Crippen LogP contribution in [-0.2, 0) is 19.4 Å². The highest BCUT2D eigenvalue weighted by atomic mass is 79.9. The first-order chi connectivity index (χ1) is 18.1. The zero-order valence-electron chi connectivity index (χ0n) is 20.8. The molecule has 5 rings (SSSR count). The van der Waals surface area contributed by atoms with Gasteiger partial charge < -0.3 is 10.1 Å². The van der Waals surface area contributed by atoms with Crippen LogP contribution in [0.3, 0.4) is 0 Å². The summed E-state index contributed by atoms with van der Waals surface area (Å²) in [7, 11) is 0. The van der Waals surface area contributed by atoms with Crippen molar-refractivity contribution in [3.63, 3.8) is 0 Å². The molecule has 2 aliphatic rings. The van der Waals surface area contributed by atoms with Crippen molar-refractivity contribution in [1.82, 2.24) is 5.32 Å². The van der Waals surface area contributed by atoms with Gasteiger partial charge in [0.05, 0.1) is 21.7 Å². The molecule has 1 fully saturated rings. The standard InChI is InChI=1S/C30H30BrN3O2S/c31-25-16-20(14-15-26(25)36-19-22-9-5-4-8-21(22)17-32)18-33-30-28(24-12-6-7-13-27(24)37-30)29(35)34-23-10-2-1-3-11-23/h4-5,8-9,14-16,18,23H,1-3,6-7,10-13,19H2,(H,34,35). The third-order valence-corrected chi connectivity index (χ3v) is 8.95. The summed E-state index contributed by atoms with van der Waals surface area (Å²) < 4.78 is 6.78. The summed E-state index contributed by atoms with van der Waals surface area (Å²) in [6.07, 6.45) is 11.9. The normalized spacial score (nSPS) is 15.8. The van der Waals surface area contributed by atoms with Crippen molar-refractivity contribution in [2.45, 2.75) is 70.4 Å². The first kappa shape index (κ1) is 25.7. The molecular formula is C30H30BrN3O2S. The fourth-order valence-electron chi connectivity index (χ4n) is 5.14. The maximum Gasteiger partial charge on any atom is 0.254 e. The van der Waals surface area contributed by atoms with E-state index >= 15 is 0 Å². The van der Waals surface area contributed by atoms with E-state index in [-0.39, 0.29) is 11.9 Å². The quantitative estimate of drug-likeness (QED) is 0.294. The fraction of sp³-hybridized carbons (Fsp3) is 0.367. The number of rotatable bonds is 7. The lowest BCUT2D eigenvalue weighted by Gasteiger charge is -2.23. The number of carbonyl (C=O) groups excluding carboxylic acids is 1. The van der Waals surface area contributed by atoms with Gasteiger partial charge in [-0.1, -0.05) is 37.5 Å². The third kappa shape index (κ3) is 6.14. The zero-order chi connectivity index (χ0) is 25.6. The van der Waals surface area contributed by atoms with Crippen LogP contribution in [0.25, 0.3) is 0 Å². The van der Waals surface area contributed by atoms with Gasteiger partial charge in [-0.25, -0.2) is 4.99 Å². The molecule has 1 heterocycles. The number of ether oxygens (including phenoxy) is 1. The van der Waals surface area contributed by atoms with Crippen LogP contribution in [0.5, 0.6) is 5.75 Å². The number of carbonyl (C=O) groups is 1. The lowest BCUT2D eigenvalue weighted by molar-refractivity contribution is 0.0927. The first-order valence-electron chi connectivity index (χ1n) is 13.0. The molecule has 0 spiro atoms. The Morgan fingerprint density at radius 2 is 1.95 bits per heavy atom. The van der Waals surface area contributed by atoms with E-state index < -0.39 is 0 Å². The minimum absolute atomic E-state index is 0.0426. The Bertz CT molecular complexity index is 1350. The average molecular weight is 577 g/mol. The van der Waals surface area contributed by atoms with Gasteiger partial charge in [0.25, 0.3) is 5.91 Å². The molecule has 0 bridgehead atoms. The molecule has 0 unspecified atom stereocenters. The van der Waals surface area contributed by atoms with Crippen LogP contribution in [0.15, 0.2) is 51.9 Å². The number of hydrogen-bond donors (Lipinski definition) is 1. The maximum atomic E-state index is 13.4. The van der Waals surface area contributed by atoms with E-state index in [0.29, 0.717) is 17.9 Å². The van der Waals surface area contributed by atoms with Gasteiger partial charge >= 0.3 is 0 Å². The highest BCUT2D eigenvalue weighted by Crippen LogP contribution is 2.40. The Labute approximate surface area is 230 Å². The number of thiophene rings is 1. The molecule has 7 heteroatoms. The van der Waals surface area contributed by atoms with E-state index in [9.17, 15) is 10.1 Å². The summed E-state index contributed by atoms with van der Waals surface area (Å²) >= 11 is 5.28. The molecule has 1 amide bonds. The summed E-state index contributed by atoms with van der Waals surface area (Å²) in [5, 5.41) is 13.4. The second kappa shape index (κ2) is 12.1. The molecular weight excluding hydrogens is 546 g/mol. The fourth-order valence-corrected chi connectivity index (χ4v) is 6.88. The SMILES string of the molecule is N#Cc1ccccc1COc1ccc(C=Nc2sc3c(c2C(=O)NC2CCCCC2)CCCC3)cc1Br. The second-order valence-electron chi connectivity index (χ2n) is 9.71. The highest BCUT2D eigenvalue weighted by molar-refractivity contribution is 9.10. The van der Waals surface area contributed by atoms with Crippen LogP contribution in [0.4, 0.5) is 5.00 Å². The van der Waals surface area contributed by atoms with E-state index in [0.717, 1.165) is 58.3 Å². The molecule has 2 aliphatic carbocycles. The molecule has 0 saturated heterocycles. The lowest BCUT2D eigenvalue weighted by atomic mass is 9.93. The van der Waals surface area contributed by atoms with Crippen molar-refractivity contribution in [1.29, 1.82) is 5.26 Å². The number of hydrogen-bond acceptors (Lipinski definition) is 5. The van der Waals surface area contributed by atoms with Crippen molar-refractivity contribution in [3.8, 4) is 11.8 Å². The predicted octanol–water partition coefficient (Wildman–Crippen LogP) is 7.65. The summed E-state index contributed by atoms with van der Waals surface area (Å²) in [5.74, 6) is 0.741. The third-order valence-electron chi connectivity index (χ3n) is 7.13. The Morgan fingerprint density at radius 3 is 2.76 bits per heavy atom. The minimum atomic E-state index is 0.0426. The molecule has 0 radical (unpaired) electrons. The van der Waals surface area contributed by atoms with Crippen LogP contribution in [-0.4, -0.2) is 18.2 Å². The van der Waals surface area contributed by atoms with E-state index in [2.05, 4.69) is 27.3 Å². The van der Waals surface area contributed by atoms with E-state index in [1.807, 2.05) is 42.6 Å². The number of fused-ring (bicyclic) bond motifs is 1. The average Bonchev–Trinajstić information content (AvgIpc) is 3.30. The molecule has 37 heavy (non-hydrogen) atoms. The summed E-state index contributed by atoms with van der Waals surface area (Å²) in [5.41, 5.74) is 4.38. The van der Waals surface area contributed by atoms with Gasteiger partial charge in [-0.2, -0.15) is 5.26 Å². The Hall–Kier alpha value is -2.95. The smallest absolute Gasteiger partial charge is 0.254 e. The second-order valence-corrected chi connectivity index (χ2v) is 11.6. The number of benzene rings is 2. The summed E-state index contributed by atoms with van der Waals surface area (Å²) in [4.78, 5) is 19.5. The molecule has 1 aromatic heterocycles. The Morgan fingerprint density at radius 1 is 1.14 bits per heavy atom. The van der Waals surface area contributed by atoms with Crippen molar-refractivity contribution in [2.24, 2.45) is 4.99 Å². The molecule has 1 N–H and O–H groups in total. The Kier molecular flexibility index (Phi) is 8.38. The van der Waals surface area contributed by atoms with E-state index in [1.54, 1.807) is 17.4 Å². The van der Waals surface area contributed by atoms with Gasteiger partial charge in [-0.3, -0.25) is 4.79 Å². The van der Waals surface area contributed by atoms with Crippen LogP contribution in [0.2, 0.25) is 0 Å². The van der Waals surface area contributed by atoms with Crippen molar-refractivity contribution in [2.75, 3.05) is 0 Å². The molecule has 3 aromatic rings. The number of nitriles is 1. The van der Waals surface area contributed by atoms with Gasteiger partial charge in [0.1, 0.15) is 17.4 Å². The van der Waals surface area contributed by atoms with Gasteiger partial charge in [0.15, 0.2) is 0 Å². The van der Waals surface area contributed by atoms with Crippen LogP contribution in [0.1, 0.15) is 82.4 Å². The zero-order valence-corrected chi connectivity index (χ0v) is 23.2. The van der Waals surface area contributed by atoms with Crippen LogP contribution in [0, 0.1) is 11.3 Å². The van der Waals surface area contributed by atoms with E-state index in [1.165, 1.54) is 36.1 Å². The minimum Gasteiger partial charge on any atom is -0.488 e.